The van der Waals surface area contributed by atoms with Crippen LogP contribution in [0.1, 0.15) is 31.2 Å². The Morgan fingerprint density at radius 2 is 2.05 bits per heavy atom. The van der Waals surface area contributed by atoms with Crippen molar-refractivity contribution in [1.82, 2.24) is 4.72 Å². The number of nitrogens with one attached hydrogen (secondary N) is 1. The van der Waals surface area contributed by atoms with E-state index >= 15 is 0 Å². The summed E-state index contributed by atoms with van der Waals surface area (Å²) in [6, 6.07) is 6.72. The minimum atomic E-state index is -3.48. The van der Waals surface area contributed by atoms with Gasteiger partial charge in [0.15, 0.2) is 0 Å². The summed E-state index contributed by atoms with van der Waals surface area (Å²) in [6.45, 7) is 0. The van der Waals surface area contributed by atoms with Gasteiger partial charge in [-0.3, -0.25) is 0 Å². The highest BCUT2D eigenvalue weighted by molar-refractivity contribution is 9.08. The quantitative estimate of drug-likeness (QED) is 0.820. The molecule has 1 aromatic rings. The number of alkyl halides is 1. The van der Waals surface area contributed by atoms with Crippen LogP contribution in [0.4, 0.5) is 0 Å². The zero-order chi connectivity index (χ0) is 13.9. The molecule has 3 N–H and O–H groups in total. The second kappa shape index (κ2) is 6.35. The van der Waals surface area contributed by atoms with Gasteiger partial charge >= 0.3 is 0 Å². The van der Waals surface area contributed by atoms with Crippen LogP contribution in [0.3, 0.4) is 0 Å². The van der Waals surface area contributed by atoms with Crippen molar-refractivity contribution in [1.29, 1.82) is 0 Å². The van der Waals surface area contributed by atoms with E-state index in [1.165, 1.54) is 0 Å². The van der Waals surface area contributed by atoms with E-state index in [-0.39, 0.29) is 12.1 Å². The van der Waals surface area contributed by atoms with Crippen molar-refractivity contribution < 1.29 is 8.42 Å². The molecule has 0 saturated heterocycles. The average Bonchev–Trinajstić information content (AvgIpc) is 2.41. The van der Waals surface area contributed by atoms with E-state index < -0.39 is 10.0 Å². The fourth-order valence-electron chi connectivity index (χ4n) is 2.37. The lowest BCUT2D eigenvalue weighted by atomic mass is 9.92. The van der Waals surface area contributed by atoms with Crippen molar-refractivity contribution in [2.45, 2.75) is 48.0 Å². The molecule has 106 valence electrons. The lowest BCUT2D eigenvalue weighted by Crippen LogP contribution is -2.49. The van der Waals surface area contributed by atoms with Gasteiger partial charge in [-0.1, -0.05) is 40.9 Å². The number of hydrogen-bond acceptors (Lipinski definition) is 3. The normalized spacial score (nSPS) is 24.3. The smallest absolute Gasteiger partial charge is 0.240 e. The number of halogens is 1. The van der Waals surface area contributed by atoms with Gasteiger partial charge in [0.05, 0.1) is 4.90 Å². The van der Waals surface area contributed by atoms with Gasteiger partial charge in [0.25, 0.3) is 0 Å². The summed E-state index contributed by atoms with van der Waals surface area (Å²) in [5, 5.41) is 0.638. The summed E-state index contributed by atoms with van der Waals surface area (Å²) in [5.74, 6) is 0. The maximum absolute atomic E-state index is 12.3. The summed E-state index contributed by atoms with van der Waals surface area (Å²) in [7, 11) is -3.48. The van der Waals surface area contributed by atoms with E-state index in [4.69, 9.17) is 5.73 Å². The highest BCUT2D eigenvalue weighted by Gasteiger charge is 2.27. The van der Waals surface area contributed by atoms with Crippen LogP contribution < -0.4 is 10.5 Å². The number of nitrogens with two attached hydrogens (primary N) is 1. The second-order valence-electron chi connectivity index (χ2n) is 4.96. The van der Waals surface area contributed by atoms with E-state index in [9.17, 15) is 8.42 Å². The highest BCUT2D eigenvalue weighted by Crippen LogP contribution is 2.20. The molecule has 1 aliphatic rings. The van der Waals surface area contributed by atoms with E-state index in [1.54, 1.807) is 18.2 Å². The predicted octanol–water partition coefficient (Wildman–Crippen LogP) is 2.13. The molecule has 1 saturated carbocycles. The van der Waals surface area contributed by atoms with Gasteiger partial charge in [0.1, 0.15) is 0 Å². The maximum Gasteiger partial charge on any atom is 0.240 e. The SMILES string of the molecule is NC1CCCCC1NS(=O)(=O)c1cccc(CBr)c1. The zero-order valence-electron chi connectivity index (χ0n) is 10.7. The Balaban J connectivity index is 2.17. The van der Waals surface area contributed by atoms with Crippen LogP contribution >= 0.6 is 15.9 Å². The summed E-state index contributed by atoms with van der Waals surface area (Å²) >= 11 is 3.33. The molecule has 0 radical (unpaired) electrons. The Hall–Kier alpha value is -0.430. The predicted molar refractivity (Wildman–Crippen MR) is 79.6 cm³/mol. The maximum atomic E-state index is 12.3. The first kappa shape index (κ1) is 15.0. The minimum absolute atomic E-state index is 0.0807. The number of sulfonamides is 1. The van der Waals surface area contributed by atoms with E-state index in [2.05, 4.69) is 20.7 Å². The largest absolute Gasteiger partial charge is 0.326 e. The molecule has 2 unspecified atom stereocenters. The fraction of sp³-hybridized carbons (Fsp3) is 0.538. The number of benzene rings is 1. The monoisotopic (exact) mass is 346 g/mol. The molecular formula is C13H19BrN2O2S. The van der Waals surface area contributed by atoms with Gasteiger partial charge < -0.3 is 5.73 Å². The molecule has 2 atom stereocenters. The molecule has 6 heteroatoms. The summed E-state index contributed by atoms with van der Waals surface area (Å²) in [6.07, 6.45) is 3.81. The number of rotatable bonds is 4. The van der Waals surface area contributed by atoms with Gasteiger partial charge in [-0.25, -0.2) is 13.1 Å². The fourth-order valence-corrected chi connectivity index (χ4v) is 4.11. The van der Waals surface area contributed by atoms with Crippen molar-refractivity contribution in [2.24, 2.45) is 5.73 Å². The number of hydrogen-bond donors (Lipinski definition) is 2. The minimum Gasteiger partial charge on any atom is -0.326 e. The zero-order valence-corrected chi connectivity index (χ0v) is 13.1. The molecule has 1 fully saturated rings. The molecule has 1 aromatic carbocycles. The molecule has 0 amide bonds. The van der Waals surface area contributed by atoms with Gasteiger partial charge in [-0.2, -0.15) is 0 Å². The van der Waals surface area contributed by atoms with Gasteiger partial charge in [0.2, 0.25) is 10.0 Å². The molecule has 0 bridgehead atoms. The topological polar surface area (TPSA) is 72.2 Å². The van der Waals surface area contributed by atoms with E-state index in [1.807, 2.05) is 6.07 Å². The molecule has 2 rings (SSSR count). The Morgan fingerprint density at radius 1 is 1.32 bits per heavy atom. The van der Waals surface area contributed by atoms with Crippen molar-refractivity contribution in [3.8, 4) is 0 Å². The van der Waals surface area contributed by atoms with Crippen LogP contribution in [-0.4, -0.2) is 20.5 Å². The molecule has 0 spiro atoms. The second-order valence-corrected chi connectivity index (χ2v) is 7.23. The third kappa shape index (κ3) is 3.78. The molecule has 0 heterocycles. The van der Waals surface area contributed by atoms with Crippen LogP contribution in [-0.2, 0) is 15.4 Å². The van der Waals surface area contributed by atoms with E-state index in [0.717, 1.165) is 31.2 Å². The van der Waals surface area contributed by atoms with Gasteiger partial charge in [-0.15, -0.1) is 0 Å². The van der Waals surface area contributed by atoms with Crippen molar-refractivity contribution in [3.63, 3.8) is 0 Å². The van der Waals surface area contributed by atoms with Crippen molar-refractivity contribution >= 4 is 26.0 Å². The van der Waals surface area contributed by atoms with Crippen molar-refractivity contribution in [3.05, 3.63) is 29.8 Å². The Labute approximate surface area is 122 Å². The van der Waals surface area contributed by atoms with Gasteiger partial charge in [-0.05, 0) is 30.5 Å². The Bertz CT molecular complexity index is 533. The van der Waals surface area contributed by atoms with Crippen LogP contribution in [0.2, 0.25) is 0 Å². The Kier molecular flexibility index (Phi) is 5.00. The van der Waals surface area contributed by atoms with Crippen LogP contribution in [0, 0.1) is 0 Å². The first-order valence-corrected chi connectivity index (χ1v) is 9.06. The van der Waals surface area contributed by atoms with Gasteiger partial charge in [0, 0.05) is 17.4 Å². The molecular weight excluding hydrogens is 328 g/mol. The first-order valence-electron chi connectivity index (χ1n) is 6.46. The molecule has 1 aliphatic carbocycles. The first-order chi connectivity index (χ1) is 9.03. The van der Waals surface area contributed by atoms with Crippen LogP contribution in [0.5, 0.6) is 0 Å². The summed E-state index contributed by atoms with van der Waals surface area (Å²) in [5.41, 5.74) is 6.93. The Morgan fingerprint density at radius 3 is 2.74 bits per heavy atom. The molecule has 0 aromatic heterocycles. The van der Waals surface area contributed by atoms with E-state index in [0.29, 0.717) is 10.2 Å². The lowest BCUT2D eigenvalue weighted by molar-refractivity contribution is 0.361. The standard InChI is InChI=1S/C13H19BrN2O2S/c14-9-10-4-3-5-11(8-10)19(17,18)16-13-7-2-1-6-12(13)15/h3-5,8,12-13,16H,1-2,6-7,9,15H2. The lowest BCUT2D eigenvalue weighted by Gasteiger charge is -2.29. The molecule has 4 nitrogen and oxygen atoms in total. The van der Waals surface area contributed by atoms with Crippen LogP contribution in [0.25, 0.3) is 0 Å². The summed E-state index contributed by atoms with van der Waals surface area (Å²) < 4.78 is 27.4. The average molecular weight is 347 g/mol. The summed E-state index contributed by atoms with van der Waals surface area (Å²) in [4.78, 5) is 0.308. The molecule has 0 aliphatic heterocycles. The third-order valence-corrected chi connectivity index (χ3v) is 5.62. The molecule has 19 heavy (non-hydrogen) atoms. The highest BCUT2D eigenvalue weighted by atomic mass is 79.9. The third-order valence-electron chi connectivity index (χ3n) is 3.49. The van der Waals surface area contributed by atoms with Crippen molar-refractivity contribution in [2.75, 3.05) is 0 Å². The van der Waals surface area contributed by atoms with Crippen LogP contribution in [0.15, 0.2) is 29.2 Å².